The van der Waals surface area contributed by atoms with E-state index in [-0.39, 0.29) is 0 Å². The van der Waals surface area contributed by atoms with Crippen LogP contribution in [0.3, 0.4) is 0 Å². The Hall–Kier alpha value is 0.650. The Morgan fingerprint density at radius 3 is 2.75 bits per heavy atom. The van der Waals surface area contributed by atoms with E-state index in [1.165, 1.54) is 29.2 Å². The van der Waals surface area contributed by atoms with Gasteiger partial charge in [0.1, 0.15) is 0 Å². The van der Waals surface area contributed by atoms with Gasteiger partial charge in [-0.25, -0.2) is 0 Å². The highest BCUT2D eigenvalue weighted by atomic mass is 35.5. The van der Waals surface area contributed by atoms with Gasteiger partial charge in [0.2, 0.25) is 0 Å². The lowest BCUT2D eigenvalue weighted by Gasteiger charge is -2.36. The first kappa shape index (κ1) is 17.0. The molecule has 1 saturated heterocycles. The summed E-state index contributed by atoms with van der Waals surface area (Å²) in [6.07, 6.45) is 3.59. The highest BCUT2D eigenvalue weighted by Crippen LogP contribution is 2.36. The van der Waals surface area contributed by atoms with E-state index in [1.807, 2.05) is 6.07 Å². The first-order valence-electron chi connectivity index (χ1n) is 7.45. The summed E-state index contributed by atoms with van der Waals surface area (Å²) in [5.74, 6) is 2.60. The topological polar surface area (TPSA) is 12.0 Å². The molecule has 1 aliphatic rings. The van der Waals surface area contributed by atoms with Gasteiger partial charge in [-0.3, -0.25) is 0 Å². The van der Waals surface area contributed by atoms with Gasteiger partial charge in [0.15, 0.2) is 0 Å². The minimum atomic E-state index is 0.576. The van der Waals surface area contributed by atoms with Gasteiger partial charge >= 0.3 is 0 Å². The summed E-state index contributed by atoms with van der Waals surface area (Å²) in [6, 6.07) is 4.79. The van der Waals surface area contributed by atoms with Crippen LogP contribution in [0.15, 0.2) is 12.1 Å². The van der Waals surface area contributed by atoms with E-state index in [0.717, 1.165) is 27.8 Å². The van der Waals surface area contributed by atoms with E-state index in [2.05, 4.69) is 48.8 Å². The number of halogens is 1. The van der Waals surface area contributed by atoms with Crippen LogP contribution in [0.25, 0.3) is 0 Å². The molecule has 2 heterocycles. The highest BCUT2D eigenvalue weighted by Gasteiger charge is 2.32. The number of nitrogens with one attached hydrogen (secondary N) is 1. The quantitative estimate of drug-likeness (QED) is 0.748. The van der Waals surface area contributed by atoms with Crippen molar-refractivity contribution in [2.24, 2.45) is 0 Å². The van der Waals surface area contributed by atoms with Crippen molar-refractivity contribution in [1.82, 2.24) is 5.32 Å². The highest BCUT2D eigenvalue weighted by molar-refractivity contribution is 8.07. The molecule has 0 aliphatic carbocycles. The molecule has 0 aromatic carbocycles. The van der Waals surface area contributed by atoms with Gasteiger partial charge in [-0.05, 0) is 37.9 Å². The second kappa shape index (κ2) is 8.94. The molecule has 1 aromatic rings. The lowest BCUT2D eigenvalue weighted by atomic mass is 10.0. The van der Waals surface area contributed by atoms with Crippen LogP contribution in [0.2, 0.25) is 4.34 Å². The van der Waals surface area contributed by atoms with Crippen molar-refractivity contribution in [3.05, 3.63) is 21.3 Å². The summed E-state index contributed by atoms with van der Waals surface area (Å²) in [5, 5.41) is 5.31. The Kier molecular flexibility index (Phi) is 7.60. The van der Waals surface area contributed by atoms with Crippen LogP contribution >= 0.6 is 46.5 Å². The van der Waals surface area contributed by atoms with Crippen molar-refractivity contribution in [1.29, 1.82) is 0 Å². The fourth-order valence-electron chi connectivity index (χ4n) is 2.62. The van der Waals surface area contributed by atoms with Crippen molar-refractivity contribution in [2.75, 3.05) is 18.1 Å². The zero-order valence-electron chi connectivity index (χ0n) is 12.2. The Bertz CT molecular complexity index is 396. The third kappa shape index (κ3) is 4.84. The van der Waals surface area contributed by atoms with Gasteiger partial charge in [0, 0.05) is 32.9 Å². The summed E-state index contributed by atoms with van der Waals surface area (Å²) in [4.78, 5) is 1.41. The molecule has 1 aliphatic heterocycles. The lowest BCUT2D eigenvalue weighted by molar-refractivity contribution is 0.479. The molecule has 0 spiro atoms. The van der Waals surface area contributed by atoms with Gasteiger partial charge in [-0.1, -0.05) is 25.4 Å². The smallest absolute Gasteiger partial charge is 0.0931 e. The SMILES string of the molecule is CCCNC(Cc1ccc(Cl)s1)C1SCCSC1CC. The Balaban J connectivity index is 2.04. The van der Waals surface area contributed by atoms with E-state index < -0.39 is 0 Å². The maximum Gasteiger partial charge on any atom is 0.0931 e. The monoisotopic (exact) mass is 349 g/mol. The predicted molar refractivity (Wildman–Crippen MR) is 97.9 cm³/mol. The molecule has 1 N–H and O–H groups in total. The molecule has 114 valence electrons. The van der Waals surface area contributed by atoms with E-state index in [0.29, 0.717) is 6.04 Å². The molecular weight excluding hydrogens is 326 g/mol. The number of hydrogen-bond donors (Lipinski definition) is 1. The third-order valence-electron chi connectivity index (χ3n) is 3.60. The molecule has 0 amide bonds. The van der Waals surface area contributed by atoms with Crippen molar-refractivity contribution in [2.45, 2.75) is 49.7 Å². The van der Waals surface area contributed by atoms with E-state index in [9.17, 15) is 0 Å². The van der Waals surface area contributed by atoms with Crippen molar-refractivity contribution < 1.29 is 0 Å². The zero-order valence-corrected chi connectivity index (χ0v) is 15.4. The van der Waals surface area contributed by atoms with Crippen LogP contribution in [-0.4, -0.2) is 34.6 Å². The second-order valence-electron chi connectivity index (χ2n) is 5.12. The van der Waals surface area contributed by atoms with Crippen LogP contribution in [-0.2, 0) is 6.42 Å². The number of thioether (sulfide) groups is 2. The van der Waals surface area contributed by atoms with Crippen molar-refractivity contribution in [3.63, 3.8) is 0 Å². The summed E-state index contributed by atoms with van der Waals surface area (Å²) in [7, 11) is 0. The fourth-order valence-corrected chi connectivity index (χ4v) is 7.03. The number of rotatable bonds is 7. The molecule has 5 heteroatoms. The first-order chi connectivity index (χ1) is 9.74. The van der Waals surface area contributed by atoms with Crippen LogP contribution in [0.4, 0.5) is 0 Å². The summed E-state index contributed by atoms with van der Waals surface area (Å²) in [6.45, 7) is 5.68. The van der Waals surface area contributed by atoms with Gasteiger partial charge in [0.05, 0.1) is 4.34 Å². The van der Waals surface area contributed by atoms with Crippen LogP contribution in [0.5, 0.6) is 0 Å². The largest absolute Gasteiger partial charge is 0.312 e. The minimum Gasteiger partial charge on any atom is -0.312 e. The lowest BCUT2D eigenvalue weighted by Crippen LogP contribution is -2.46. The Morgan fingerprint density at radius 2 is 2.10 bits per heavy atom. The summed E-state index contributed by atoms with van der Waals surface area (Å²) >= 11 is 12.1. The molecular formula is C15H24ClNS3. The maximum absolute atomic E-state index is 6.08. The average Bonchev–Trinajstić information content (AvgIpc) is 2.88. The fraction of sp³-hybridized carbons (Fsp3) is 0.733. The van der Waals surface area contributed by atoms with Crippen LogP contribution in [0.1, 0.15) is 31.6 Å². The predicted octanol–water partition coefficient (Wildman–Crippen LogP) is 4.94. The first-order valence-corrected chi connectivity index (χ1v) is 10.7. The molecule has 0 radical (unpaired) electrons. The van der Waals surface area contributed by atoms with E-state index in [1.54, 1.807) is 11.3 Å². The third-order valence-corrected chi connectivity index (χ3v) is 8.26. The minimum absolute atomic E-state index is 0.576. The summed E-state index contributed by atoms with van der Waals surface area (Å²) in [5.41, 5.74) is 0. The number of thiophene rings is 1. The van der Waals surface area contributed by atoms with E-state index >= 15 is 0 Å². The zero-order chi connectivity index (χ0) is 14.4. The second-order valence-corrected chi connectivity index (χ2v) is 9.56. The van der Waals surface area contributed by atoms with Gasteiger partial charge in [0.25, 0.3) is 0 Å². The molecule has 0 bridgehead atoms. The molecule has 1 fully saturated rings. The number of hydrogen-bond acceptors (Lipinski definition) is 4. The molecule has 1 aromatic heterocycles. The Labute approximate surface area is 140 Å². The molecule has 20 heavy (non-hydrogen) atoms. The maximum atomic E-state index is 6.08. The normalized spacial score (nSPS) is 24.8. The molecule has 1 nitrogen and oxygen atoms in total. The van der Waals surface area contributed by atoms with Gasteiger partial charge in [-0.2, -0.15) is 23.5 Å². The van der Waals surface area contributed by atoms with E-state index in [4.69, 9.17) is 11.6 Å². The van der Waals surface area contributed by atoms with Crippen LogP contribution in [0, 0.1) is 0 Å². The molecule has 2 rings (SSSR count). The van der Waals surface area contributed by atoms with Crippen molar-refractivity contribution in [3.8, 4) is 0 Å². The van der Waals surface area contributed by atoms with Crippen LogP contribution < -0.4 is 5.32 Å². The molecule has 3 atom stereocenters. The Morgan fingerprint density at radius 1 is 1.30 bits per heavy atom. The average molecular weight is 350 g/mol. The molecule has 3 unspecified atom stereocenters. The van der Waals surface area contributed by atoms with Crippen molar-refractivity contribution >= 4 is 46.5 Å². The summed E-state index contributed by atoms with van der Waals surface area (Å²) < 4.78 is 0.909. The van der Waals surface area contributed by atoms with Gasteiger partial charge < -0.3 is 5.32 Å². The van der Waals surface area contributed by atoms with Gasteiger partial charge in [-0.15, -0.1) is 11.3 Å². The standard InChI is InChI=1S/C15H24ClNS3/c1-3-7-17-12(10-11-5-6-14(16)20-11)15-13(4-2)18-8-9-19-15/h5-6,12-13,15,17H,3-4,7-10H2,1-2H3. The molecule has 0 saturated carbocycles.